The highest BCUT2D eigenvalue weighted by molar-refractivity contribution is 5.81. The van der Waals surface area contributed by atoms with Crippen LogP contribution in [0.2, 0.25) is 0 Å². The summed E-state index contributed by atoms with van der Waals surface area (Å²) < 4.78 is 0. The number of carboxylic acids is 1. The van der Waals surface area contributed by atoms with Crippen molar-refractivity contribution < 1.29 is 19.5 Å². The molecule has 0 saturated carbocycles. The summed E-state index contributed by atoms with van der Waals surface area (Å²) in [4.78, 5) is 34.6. The van der Waals surface area contributed by atoms with Crippen LogP contribution in [0.15, 0.2) is 0 Å². The summed E-state index contributed by atoms with van der Waals surface area (Å²) >= 11 is 0. The minimum atomic E-state index is -1.03. The second-order valence-corrected chi connectivity index (χ2v) is 4.30. The van der Waals surface area contributed by atoms with Crippen molar-refractivity contribution in [2.45, 2.75) is 32.2 Å². The Morgan fingerprint density at radius 2 is 2.28 bits per heavy atom. The van der Waals surface area contributed by atoms with Crippen LogP contribution in [0.5, 0.6) is 0 Å². The maximum absolute atomic E-state index is 11.7. The van der Waals surface area contributed by atoms with Crippen LogP contribution in [0.3, 0.4) is 0 Å². The Labute approximate surface area is 106 Å². The lowest BCUT2D eigenvalue weighted by Crippen LogP contribution is -2.47. The fourth-order valence-corrected chi connectivity index (χ4v) is 1.84. The molecule has 1 rings (SSSR count). The van der Waals surface area contributed by atoms with Crippen LogP contribution in [-0.2, 0) is 9.59 Å². The predicted molar refractivity (Wildman–Crippen MR) is 64.1 cm³/mol. The highest BCUT2D eigenvalue weighted by atomic mass is 16.4. The molecule has 0 aromatic heterocycles. The standard InChI is InChI=1S/C11H19N3O4/c1-2-5-14(7-10(16)17)11(18)12-6-8-3-4-9(15)13-8/h8H,2-7H2,1H3,(H,12,18)(H,13,15)(H,16,17). The first-order chi connectivity index (χ1) is 8.52. The Morgan fingerprint density at radius 1 is 1.56 bits per heavy atom. The molecule has 3 N–H and O–H groups in total. The monoisotopic (exact) mass is 257 g/mol. The fraction of sp³-hybridized carbons (Fsp3) is 0.727. The summed E-state index contributed by atoms with van der Waals surface area (Å²) in [6.07, 6.45) is 1.88. The van der Waals surface area contributed by atoms with Gasteiger partial charge in [-0.15, -0.1) is 0 Å². The van der Waals surface area contributed by atoms with Crippen LogP contribution in [0, 0.1) is 0 Å². The van der Waals surface area contributed by atoms with Crippen LogP contribution in [0.25, 0.3) is 0 Å². The average molecular weight is 257 g/mol. The third-order valence-corrected chi connectivity index (χ3v) is 2.69. The number of carboxylic acid groups (broad SMARTS) is 1. The normalized spacial score (nSPS) is 18.3. The second-order valence-electron chi connectivity index (χ2n) is 4.30. The fourth-order valence-electron chi connectivity index (χ4n) is 1.84. The van der Waals surface area contributed by atoms with Crippen molar-refractivity contribution in [3.05, 3.63) is 0 Å². The number of carbonyl (C=O) groups excluding carboxylic acids is 2. The molecule has 7 nitrogen and oxygen atoms in total. The van der Waals surface area contributed by atoms with Crippen LogP contribution in [0.4, 0.5) is 4.79 Å². The van der Waals surface area contributed by atoms with E-state index in [9.17, 15) is 14.4 Å². The van der Waals surface area contributed by atoms with Crippen LogP contribution in [0.1, 0.15) is 26.2 Å². The number of hydrogen-bond acceptors (Lipinski definition) is 3. The lowest BCUT2D eigenvalue weighted by molar-refractivity contribution is -0.137. The van der Waals surface area contributed by atoms with Crippen molar-refractivity contribution >= 4 is 17.9 Å². The summed E-state index contributed by atoms with van der Waals surface area (Å²) in [6, 6.07) is -0.449. The van der Waals surface area contributed by atoms with Gasteiger partial charge < -0.3 is 20.6 Å². The minimum Gasteiger partial charge on any atom is -0.480 e. The van der Waals surface area contributed by atoms with Gasteiger partial charge in [0.25, 0.3) is 0 Å². The zero-order valence-corrected chi connectivity index (χ0v) is 10.4. The average Bonchev–Trinajstić information content (AvgIpc) is 2.71. The topological polar surface area (TPSA) is 98.7 Å². The first-order valence-corrected chi connectivity index (χ1v) is 6.06. The van der Waals surface area contributed by atoms with Gasteiger partial charge in [0.2, 0.25) is 5.91 Å². The van der Waals surface area contributed by atoms with Crippen molar-refractivity contribution in [2.24, 2.45) is 0 Å². The van der Waals surface area contributed by atoms with Crippen molar-refractivity contribution in [2.75, 3.05) is 19.6 Å². The quantitative estimate of drug-likeness (QED) is 0.612. The molecular formula is C11H19N3O4. The number of amides is 3. The van der Waals surface area contributed by atoms with Crippen LogP contribution >= 0.6 is 0 Å². The van der Waals surface area contributed by atoms with E-state index < -0.39 is 12.0 Å². The Morgan fingerprint density at radius 3 is 2.78 bits per heavy atom. The van der Waals surface area contributed by atoms with Gasteiger partial charge in [0.05, 0.1) is 0 Å². The number of aliphatic carboxylic acids is 1. The summed E-state index contributed by atoms with van der Waals surface area (Å²) in [5.74, 6) is -1.04. The molecule has 0 radical (unpaired) electrons. The number of hydrogen-bond donors (Lipinski definition) is 3. The maximum atomic E-state index is 11.7. The predicted octanol–water partition coefficient (Wildman–Crippen LogP) is -0.229. The number of nitrogens with zero attached hydrogens (tertiary/aromatic N) is 1. The zero-order valence-electron chi connectivity index (χ0n) is 10.4. The Bertz CT molecular complexity index is 332. The van der Waals surface area contributed by atoms with Gasteiger partial charge in [0.1, 0.15) is 6.54 Å². The second kappa shape index (κ2) is 6.83. The molecule has 0 aromatic rings. The van der Waals surface area contributed by atoms with Crippen molar-refractivity contribution in [1.82, 2.24) is 15.5 Å². The molecular weight excluding hydrogens is 238 g/mol. The van der Waals surface area contributed by atoms with E-state index in [0.717, 1.165) is 0 Å². The summed E-state index contributed by atoms with van der Waals surface area (Å²) in [6.45, 7) is 2.30. The van der Waals surface area contributed by atoms with E-state index in [2.05, 4.69) is 10.6 Å². The molecule has 7 heteroatoms. The lowest BCUT2D eigenvalue weighted by Gasteiger charge is -2.21. The molecule has 1 aliphatic heterocycles. The van der Waals surface area contributed by atoms with E-state index in [1.807, 2.05) is 6.92 Å². The number of urea groups is 1. The van der Waals surface area contributed by atoms with Gasteiger partial charge in [-0.1, -0.05) is 6.92 Å². The van der Waals surface area contributed by atoms with E-state index >= 15 is 0 Å². The molecule has 18 heavy (non-hydrogen) atoms. The third kappa shape index (κ3) is 4.60. The number of nitrogens with one attached hydrogen (secondary N) is 2. The molecule has 0 aliphatic carbocycles. The van der Waals surface area contributed by atoms with E-state index in [1.54, 1.807) is 0 Å². The van der Waals surface area contributed by atoms with Gasteiger partial charge in [-0.3, -0.25) is 9.59 Å². The molecule has 1 atom stereocenters. The number of rotatable bonds is 6. The molecule has 1 aliphatic rings. The molecule has 1 saturated heterocycles. The van der Waals surface area contributed by atoms with Gasteiger partial charge in [0, 0.05) is 25.6 Å². The Balaban J connectivity index is 2.36. The highest BCUT2D eigenvalue weighted by Gasteiger charge is 2.22. The Hall–Kier alpha value is -1.79. The van der Waals surface area contributed by atoms with E-state index in [1.165, 1.54) is 4.90 Å². The van der Waals surface area contributed by atoms with Gasteiger partial charge in [-0.2, -0.15) is 0 Å². The largest absolute Gasteiger partial charge is 0.480 e. The molecule has 3 amide bonds. The van der Waals surface area contributed by atoms with Gasteiger partial charge in [-0.25, -0.2) is 4.79 Å². The summed E-state index contributed by atoms with van der Waals surface area (Å²) in [5, 5.41) is 14.1. The summed E-state index contributed by atoms with van der Waals surface area (Å²) in [7, 11) is 0. The van der Waals surface area contributed by atoms with Gasteiger partial charge >= 0.3 is 12.0 Å². The molecule has 0 aromatic carbocycles. The zero-order chi connectivity index (χ0) is 13.5. The molecule has 1 heterocycles. The van der Waals surface area contributed by atoms with Crippen LogP contribution in [-0.4, -0.2) is 53.6 Å². The maximum Gasteiger partial charge on any atom is 0.323 e. The van der Waals surface area contributed by atoms with E-state index in [0.29, 0.717) is 32.4 Å². The van der Waals surface area contributed by atoms with Gasteiger partial charge in [-0.05, 0) is 12.8 Å². The van der Waals surface area contributed by atoms with Crippen LogP contribution < -0.4 is 10.6 Å². The van der Waals surface area contributed by atoms with E-state index in [-0.39, 0.29) is 18.5 Å². The Kier molecular flexibility index (Phi) is 5.41. The summed E-state index contributed by atoms with van der Waals surface area (Å²) in [5.41, 5.74) is 0. The molecule has 102 valence electrons. The van der Waals surface area contributed by atoms with Gasteiger partial charge in [0.15, 0.2) is 0 Å². The van der Waals surface area contributed by atoms with Crippen molar-refractivity contribution in [3.63, 3.8) is 0 Å². The third-order valence-electron chi connectivity index (χ3n) is 2.69. The first kappa shape index (κ1) is 14.3. The van der Waals surface area contributed by atoms with Crippen molar-refractivity contribution in [3.8, 4) is 0 Å². The minimum absolute atomic E-state index is 0.00907. The highest BCUT2D eigenvalue weighted by Crippen LogP contribution is 2.05. The first-order valence-electron chi connectivity index (χ1n) is 6.06. The molecule has 0 spiro atoms. The van der Waals surface area contributed by atoms with E-state index in [4.69, 9.17) is 5.11 Å². The smallest absolute Gasteiger partial charge is 0.323 e. The lowest BCUT2D eigenvalue weighted by atomic mass is 10.2. The van der Waals surface area contributed by atoms with Crippen molar-refractivity contribution in [1.29, 1.82) is 0 Å². The molecule has 1 fully saturated rings. The number of carbonyl (C=O) groups is 3. The molecule has 0 bridgehead atoms. The molecule has 1 unspecified atom stereocenters. The SMILES string of the molecule is CCCN(CC(=O)O)C(=O)NCC1CCC(=O)N1.